The average Bonchev–Trinajstić information content (AvgIpc) is 2.19. The first-order chi connectivity index (χ1) is 6.77. The number of nitrogens with two attached hydrogens (primary N) is 1. The van der Waals surface area contributed by atoms with Crippen LogP contribution in [-0.2, 0) is 6.42 Å². The van der Waals surface area contributed by atoms with Gasteiger partial charge < -0.3 is 10.5 Å². The third-order valence-electron chi connectivity index (χ3n) is 2.14. The van der Waals surface area contributed by atoms with Crippen molar-refractivity contribution in [3.8, 4) is 5.75 Å². The molecule has 0 aliphatic carbocycles. The SMILES string of the molecule is C=CCC(N)Cc1ccccc1OC. The molecule has 2 N–H and O–H groups in total. The lowest BCUT2D eigenvalue weighted by Crippen LogP contribution is -2.21. The van der Waals surface area contributed by atoms with Gasteiger partial charge in [-0.3, -0.25) is 0 Å². The summed E-state index contributed by atoms with van der Waals surface area (Å²) in [6.07, 6.45) is 3.51. The minimum Gasteiger partial charge on any atom is -0.496 e. The standard InChI is InChI=1S/C12H17NO/c1-3-6-11(13)9-10-7-4-5-8-12(10)14-2/h3-5,7-8,11H,1,6,9,13H2,2H3. The number of para-hydroxylation sites is 1. The summed E-state index contributed by atoms with van der Waals surface area (Å²) in [5.41, 5.74) is 7.07. The molecule has 0 aliphatic rings. The fourth-order valence-corrected chi connectivity index (χ4v) is 1.45. The van der Waals surface area contributed by atoms with Gasteiger partial charge in [-0.05, 0) is 24.5 Å². The molecule has 76 valence electrons. The van der Waals surface area contributed by atoms with Gasteiger partial charge in [-0.1, -0.05) is 24.3 Å². The predicted octanol–water partition coefficient (Wildman–Crippen LogP) is 2.14. The summed E-state index contributed by atoms with van der Waals surface area (Å²) in [4.78, 5) is 0. The van der Waals surface area contributed by atoms with Crippen LogP contribution < -0.4 is 10.5 Å². The number of hydrogen-bond acceptors (Lipinski definition) is 2. The van der Waals surface area contributed by atoms with E-state index in [0.717, 1.165) is 24.2 Å². The summed E-state index contributed by atoms with van der Waals surface area (Å²) in [7, 11) is 1.68. The highest BCUT2D eigenvalue weighted by Gasteiger charge is 2.06. The number of methoxy groups -OCH3 is 1. The van der Waals surface area contributed by atoms with Crippen molar-refractivity contribution in [1.29, 1.82) is 0 Å². The van der Waals surface area contributed by atoms with E-state index in [1.54, 1.807) is 7.11 Å². The lowest BCUT2D eigenvalue weighted by atomic mass is 10.0. The smallest absolute Gasteiger partial charge is 0.122 e. The first-order valence-electron chi connectivity index (χ1n) is 4.76. The maximum absolute atomic E-state index is 5.91. The molecule has 0 amide bonds. The van der Waals surface area contributed by atoms with Crippen molar-refractivity contribution in [2.75, 3.05) is 7.11 Å². The average molecular weight is 191 g/mol. The Morgan fingerprint density at radius 2 is 2.21 bits per heavy atom. The van der Waals surface area contributed by atoms with Crippen molar-refractivity contribution in [1.82, 2.24) is 0 Å². The van der Waals surface area contributed by atoms with Gasteiger partial charge in [-0.25, -0.2) is 0 Å². The van der Waals surface area contributed by atoms with Crippen molar-refractivity contribution in [3.63, 3.8) is 0 Å². The third kappa shape index (κ3) is 2.89. The summed E-state index contributed by atoms with van der Waals surface area (Å²) in [5.74, 6) is 0.909. The Bertz CT molecular complexity index is 296. The van der Waals surface area contributed by atoms with Gasteiger partial charge >= 0.3 is 0 Å². The molecule has 0 heterocycles. The molecule has 0 aromatic heterocycles. The Kier molecular flexibility index (Phi) is 4.20. The predicted molar refractivity (Wildman–Crippen MR) is 59.5 cm³/mol. The lowest BCUT2D eigenvalue weighted by molar-refractivity contribution is 0.408. The highest BCUT2D eigenvalue weighted by Crippen LogP contribution is 2.18. The van der Waals surface area contributed by atoms with Crippen LogP contribution in [-0.4, -0.2) is 13.2 Å². The summed E-state index contributed by atoms with van der Waals surface area (Å²) >= 11 is 0. The normalized spacial score (nSPS) is 12.1. The van der Waals surface area contributed by atoms with E-state index in [1.165, 1.54) is 0 Å². The summed E-state index contributed by atoms with van der Waals surface area (Å²) < 4.78 is 5.24. The van der Waals surface area contributed by atoms with E-state index in [-0.39, 0.29) is 6.04 Å². The second kappa shape index (κ2) is 5.45. The summed E-state index contributed by atoms with van der Waals surface area (Å²) in [6, 6.07) is 8.08. The van der Waals surface area contributed by atoms with E-state index in [0.29, 0.717) is 0 Å². The van der Waals surface area contributed by atoms with Crippen LogP contribution in [0.1, 0.15) is 12.0 Å². The van der Waals surface area contributed by atoms with E-state index in [1.807, 2.05) is 30.3 Å². The van der Waals surface area contributed by atoms with Gasteiger partial charge in [0.25, 0.3) is 0 Å². The maximum Gasteiger partial charge on any atom is 0.122 e. The summed E-state index contributed by atoms with van der Waals surface area (Å²) in [5, 5.41) is 0. The Hall–Kier alpha value is -1.28. The van der Waals surface area contributed by atoms with Crippen molar-refractivity contribution in [2.24, 2.45) is 5.73 Å². The lowest BCUT2D eigenvalue weighted by Gasteiger charge is -2.12. The van der Waals surface area contributed by atoms with Crippen LogP contribution in [0.25, 0.3) is 0 Å². The van der Waals surface area contributed by atoms with Gasteiger partial charge in [0.1, 0.15) is 5.75 Å². The van der Waals surface area contributed by atoms with Crippen LogP contribution in [0.3, 0.4) is 0 Å². The second-order valence-electron chi connectivity index (χ2n) is 3.30. The Morgan fingerprint density at radius 3 is 2.86 bits per heavy atom. The molecule has 0 spiro atoms. The van der Waals surface area contributed by atoms with Gasteiger partial charge in [0.05, 0.1) is 7.11 Å². The van der Waals surface area contributed by atoms with Gasteiger partial charge in [0, 0.05) is 6.04 Å². The van der Waals surface area contributed by atoms with Gasteiger partial charge in [0.15, 0.2) is 0 Å². The van der Waals surface area contributed by atoms with Crippen molar-refractivity contribution < 1.29 is 4.74 Å². The highest BCUT2D eigenvalue weighted by molar-refractivity contribution is 5.33. The molecule has 0 fully saturated rings. The molecule has 14 heavy (non-hydrogen) atoms. The quantitative estimate of drug-likeness (QED) is 0.724. The molecule has 0 saturated carbocycles. The molecule has 1 aromatic carbocycles. The number of benzene rings is 1. The van der Waals surface area contributed by atoms with Crippen LogP contribution in [0.5, 0.6) is 5.75 Å². The Balaban J connectivity index is 2.69. The zero-order valence-electron chi connectivity index (χ0n) is 8.57. The van der Waals surface area contributed by atoms with Crippen LogP contribution in [0.15, 0.2) is 36.9 Å². The molecule has 1 unspecified atom stereocenters. The monoisotopic (exact) mass is 191 g/mol. The van der Waals surface area contributed by atoms with Gasteiger partial charge in [-0.2, -0.15) is 0 Å². The van der Waals surface area contributed by atoms with Crippen LogP contribution >= 0.6 is 0 Å². The van der Waals surface area contributed by atoms with E-state index in [9.17, 15) is 0 Å². The molecule has 0 saturated heterocycles. The second-order valence-corrected chi connectivity index (χ2v) is 3.30. The molecule has 0 radical (unpaired) electrons. The molecule has 2 nitrogen and oxygen atoms in total. The van der Waals surface area contributed by atoms with Crippen LogP contribution in [0, 0.1) is 0 Å². The van der Waals surface area contributed by atoms with E-state index >= 15 is 0 Å². The van der Waals surface area contributed by atoms with Gasteiger partial charge in [0.2, 0.25) is 0 Å². The molecular formula is C12H17NO. The van der Waals surface area contributed by atoms with E-state index in [2.05, 4.69) is 6.58 Å². The minimum absolute atomic E-state index is 0.129. The summed E-state index contributed by atoms with van der Waals surface area (Å²) in [6.45, 7) is 3.67. The number of ether oxygens (including phenoxy) is 1. The van der Waals surface area contributed by atoms with Crippen molar-refractivity contribution in [3.05, 3.63) is 42.5 Å². The van der Waals surface area contributed by atoms with E-state index < -0.39 is 0 Å². The van der Waals surface area contributed by atoms with Crippen molar-refractivity contribution in [2.45, 2.75) is 18.9 Å². The highest BCUT2D eigenvalue weighted by atomic mass is 16.5. The van der Waals surface area contributed by atoms with E-state index in [4.69, 9.17) is 10.5 Å². The zero-order valence-corrected chi connectivity index (χ0v) is 8.57. The maximum atomic E-state index is 5.91. The molecule has 0 bridgehead atoms. The topological polar surface area (TPSA) is 35.2 Å². The largest absolute Gasteiger partial charge is 0.496 e. The molecule has 1 atom stereocenters. The van der Waals surface area contributed by atoms with Crippen LogP contribution in [0.4, 0.5) is 0 Å². The Labute approximate surface area is 85.4 Å². The molecular weight excluding hydrogens is 174 g/mol. The number of rotatable bonds is 5. The zero-order chi connectivity index (χ0) is 10.4. The van der Waals surface area contributed by atoms with Crippen LogP contribution in [0.2, 0.25) is 0 Å². The first-order valence-corrected chi connectivity index (χ1v) is 4.76. The first kappa shape index (κ1) is 10.8. The molecule has 0 aliphatic heterocycles. The van der Waals surface area contributed by atoms with Crippen molar-refractivity contribution >= 4 is 0 Å². The fraction of sp³-hybridized carbons (Fsp3) is 0.333. The number of hydrogen-bond donors (Lipinski definition) is 1. The van der Waals surface area contributed by atoms with Gasteiger partial charge in [-0.15, -0.1) is 6.58 Å². The molecule has 2 heteroatoms. The Morgan fingerprint density at radius 1 is 1.50 bits per heavy atom. The molecule has 1 rings (SSSR count). The fourth-order valence-electron chi connectivity index (χ4n) is 1.45. The molecule has 1 aromatic rings. The third-order valence-corrected chi connectivity index (χ3v) is 2.14. The minimum atomic E-state index is 0.129.